The van der Waals surface area contributed by atoms with Crippen molar-refractivity contribution in [2.45, 2.75) is 38.5 Å². The van der Waals surface area contributed by atoms with Crippen LogP contribution in [0, 0.1) is 0 Å². The van der Waals surface area contributed by atoms with Crippen molar-refractivity contribution in [3.8, 4) is 0 Å². The summed E-state index contributed by atoms with van der Waals surface area (Å²) in [6, 6.07) is 1.11. The molecule has 0 bridgehead atoms. The first-order chi connectivity index (χ1) is 10.7. The van der Waals surface area contributed by atoms with Crippen molar-refractivity contribution in [1.29, 1.82) is 0 Å². The summed E-state index contributed by atoms with van der Waals surface area (Å²) in [5, 5.41) is 12.2. The fourth-order valence-electron chi connectivity index (χ4n) is 2.33. The number of hydrogen-bond donors (Lipinski definition) is 2. The molecule has 1 aliphatic rings. The number of carbonyl (C=O) groups is 3. The summed E-state index contributed by atoms with van der Waals surface area (Å²) in [6.07, 6.45) is 2.16. The molecule has 2 amide bonds. The van der Waals surface area contributed by atoms with Crippen LogP contribution < -0.4 is 5.32 Å². The number of ether oxygens (including phenoxy) is 1. The summed E-state index contributed by atoms with van der Waals surface area (Å²) < 4.78 is 5.22. The van der Waals surface area contributed by atoms with Gasteiger partial charge < -0.3 is 15.2 Å². The number of aromatic nitrogens is 1. The molecular weight excluding hydrogens is 302 g/mol. The van der Waals surface area contributed by atoms with E-state index >= 15 is 0 Å². The summed E-state index contributed by atoms with van der Waals surface area (Å²) >= 11 is 0. The first-order valence-electron chi connectivity index (χ1n) is 7.11. The van der Waals surface area contributed by atoms with Crippen LogP contribution in [0.3, 0.4) is 0 Å². The predicted molar refractivity (Wildman–Crippen MR) is 79.5 cm³/mol. The van der Waals surface area contributed by atoms with E-state index in [-0.39, 0.29) is 6.54 Å². The standard InChI is InChI=1S/C15H19N3O5/c1-15(2,3)23-14(22)18-8-10(19)17-11(12(18)13(20)21)9-5-4-6-16-7-9/h4-7,11-12H,8H2,1-3H3,(H,17,19)(H,20,21)/t11-,12+/m1/s1. The van der Waals surface area contributed by atoms with Crippen LogP contribution in [0.5, 0.6) is 0 Å². The van der Waals surface area contributed by atoms with Crippen LogP contribution in [0.4, 0.5) is 4.79 Å². The van der Waals surface area contributed by atoms with Crippen LogP contribution in [0.25, 0.3) is 0 Å². The fourth-order valence-corrected chi connectivity index (χ4v) is 2.33. The molecule has 0 aliphatic carbocycles. The summed E-state index contributed by atoms with van der Waals surface area (Å²) in [4.78, 5) is 40.8. The van der Waals surface area contributed by atoms with Crippen molar-refractivity contribution in [3.05, 3.63) is 30.1 Å². The quantitative estimate of drug-likeness (QED) is 0.839. The Morgan fingerprint density at radius 1 is 1.43 bits per heavy atom. The summed E-state index contributed by atoms with van der Waals surface area (Å²) in [5.41, 5.74) is -0.292. The van der Waals surface area contributed by atoms with E-state index in [0.29, 0.717) is 5.56 Å². The molecule has 1 aromatic heterocycles. The highest BCUT2D eigenvalue weighted by Crippen LogP contribution is 2.26. The second kappa shape index (κ2) is 6.23. The third-order valence-corrected chi connectivity index (χ3v) is 3.21. The Morgan fingerprint density at radius 2 is 2.13 bits per heavy atom. The lowest BCUT2D eigenvalue weighted by molar-refractivity contribution is -0.148. The smallest absolute Gasteiger partial charge is 0.411 e. The largest absolute Gasteiger partial charge is 0.480 e. The van der Waals surface area contributed by atoms with Crippen LogP contribution in [-0.2, 0) is 14.3 Å². The van der Waals surface area contributed by atoms with Gasteiger partial charge in [0.1, 0.15) is 12.1 Å². The number of hydrogen-bond acceptors (Lipinski definition) is 5. The van der Waals surface area contributed by atoms with E-state index in [9.17, 15) is 19.5 Å². The Morgan fingerprint density at radius 3 is 2.65 bits per heavy atom. The van der Waals surface area contributed by atoms with Gasteiger partial charge in [-0.2, -0.15) is 0 Å². The van der Waals surface area contributed by atoms with Gasteiger partial charge in [0.25, 0.3) is 0 Å². The maximum absolute atomic E-state index is 12.3. The molecule has 0 aromatic carbocycles. The molecule has 124 valence electrons. The van der Waals surface area contributed by atoms with Crippen molar-refractivity contribution < 1.29 is 24.2 Å². The van der Waals surface area contributed by atoms with Gasteiger partial charge >= 0.3 is 12.1 Å². The number of piperazine rings is 1. The van der Waals surface area contributed by atoms with E-state index in [1.54, 1.807) is 32.9 Å². The number of carboxylic acid groups (broad SMARTS) is 1. The minimum Gasteiger partial charge on any atom is -0.480 e. The zero-order valence-electron chi connectivity index (χ0n) is 13.1. The minimum absolute atomic E-state index is 0.372. The van der Waals surface area contributed by atoms with Crippen LogP contribution in [-0.4, -0.2) is 51.1 Å². The third-order valence-electron chi connectivity index (χ3n) is 3.21. The van der Waals surface area contributed by atoms with Gasteiger partial charge in [0, 0.05) is 12.4 Å². The third kappa shape index (κ3) is 3.97. The van der Waals surface area contributed by atoms with Gasteiger partial charge in [-0.25, -0.2) is 9.59 Å². The monoisotopic (exact) mass is 321 g/mol. The Kier molecular flexibility index (Phi) is 4.53. The van der Waals surface area contributed by atoms with E-state index < -0.39 is 35.7 Å². The van der Waals surface area contributed by atoms with Crippen molar-refractivity contribution in [2.24, 2.45) is 0 Å². The van der Waals surface area contributed by atoms with Gasteiger partial charge in [0.2, 0.25) is 5.91 Å². The molecular formula is C15H19N3O5. The van der Waals surface area contributed by atoms with Crippen LogP contribution in [0.15, 0.2) is 24.5 Å². The predicted octanol–water partition coefficient (Wildman–Crippen LogP) is 0.943. The highest BCUT2D eigenvalue weighted by molar-refractivity contribution is 5.90. The number of carbonyl (C=O) groups excluding carboxylic acids is 2. The minimum atomic E-state index is -1.27. The molecule has 0 saturated carbocycles. The molecule has 1 aromatic rings. The summed E-state index contributed by atoms with van der Waals surface area (Å²) in [5.74, 6) is -1.69. The van der Waals surface area contributed by atoms with Gasteiger partial charge in [-0.3, -0.25) is 14.7 Å². The van der Waals surface area contributed by atoms with Crippen LogP contribution >= 0.6 is 0 Å². The first-order valence-corrected chi connectivity index (χ1v) is 7.11. The molecule has 2 heterocycles. The molecule has 1 saturated heterocycles. The van der Waals surface area contributed by atoms with E-state index in [0.717, 1.165) is 4.90 Å². The van der Waals surface area contributed by atoms with Gasteiger partial charge in [-0.05, 0) is 32.4 Å². The normalized spacial score (nSPS) is 21.5. The van der Waals surface area contributed by atoms with E-state index in [1.165, 1.54) is 12.4 Å². The molecule has 2 rings (SSSR count). The van der Waals surface area contributed by atoms with Gasteiger partial charge in [-0.1, -0.05) is 6.07 Å². The van der Waals surface area contributed by atoms with E-state index in [1.807, 2.05) is 0 Å². The second-order valence-electron chi connectivity index (χ2n) is 6.22. The highest BCUT2D eigenvalue weighted by Gasteiger charge is 2.44. The molecule has 0 spiro atoms. The molecule has 1 fully saturated rings. The molecule has 8 heteroatoms. The lowest BCUT2D eigenvalue weighted by Gasteiger charge is -2.39. The lowest BCUT2D eigenvalue weighted by Crippen LogP contribution is -2.61. The van der Waals surface area contributed by atoms with Crippen LogP contribution in [0.1, 0.15) is 32.4 Å². The molecule has 2 atom stereocenters. The van der Waals surface area contributed by atoms with Crippen LogP contribution in [0.2, 0.25) is 0 Å². The second-order valence-corrected chi connectivity index (χ2v) is 6.22. The fraction of sp³-hybridized carbons (Fsp3) is 0.467. The first kappa shape index (κ1) is 16.7. The van der Waals surface area contributed by atoms with Crippen molar-refractivity contribution in [3.63, 3.8) is 0 Å². The molecule has 23 heavy (non-hydrogen) atoms. The SMILES string of the molecule is CC(C)(C)OC(=O)N1CC(=O)N[C@H](c2cccnc2)[C@H]1C(=O)O. The van der Waals surface area contributed by atoms with Crippen molar-refractivity contribution in [1.82, 2.24) is 15.2 Å². The van der Waals surface area contributed by atoms with Crippen molar-refractivity contribution >= 4 is 18.0 Å². The van der Waals surface area contributed by atoms with Gasteiger partial charge in [0.15, 0.2) is 6.04 Å². The zero-order valence-corrected chi connectivity index (χ0v) is 13.1. The summed E-state index contributed by atoms with van der Waals surface area (Å²) in [6.45, 7) is 4.64. The average Bonchev–Trinajstić information content (AvgIpc) is 2.45. The topological polar surface area (TPSA) is 109 Å². The maximum atomic E-state index is 12.3. The maximum Gasteiger partial charge on any atom is 0.411 e. The van der Waals surface area contributed by atoms with E-state index in [2.05, 4.69) is 10.3 Å². The molecule has 1 aliphatic heterocycles. The number of rotatable bonds is 2. The Hall–Kier alpha value is -2.64. The Balaban J connectivity index is 2.35. The number of nitrogens with one attached hydrogen (secondary N) is 1. The average molecular weight is 321 g/mol. The Labute approximate surface area is 133 Å². The summed E-state index contributed by atoms with van der Waals surface area (Å²) in [7, 11) is 0. The number of nitrogens with zero attached hydrogens (tertiary/aromatic N) is 2. The number of amides is 2. The van der Waals surface area contributed by atoms with E-state index in [4.69, 9.17) is 4.74 Å². The molecule has 2 N–H and O–H groups in total. The molecule has 0 radical (unpaired) electrons. The number of pyridine rings is 1. The number of carboxylic acids is 1. The lowest BCUT2D eigenvalue weighted by atomic mass is 9.97. The van der Waals surface area contributed by atoms with Gasteiger partial charge in [-0.15, -0.1) is 0 Å². The number of aliphatic carboxylic acids is 1. The Bertz CT molecular complexity index is 611. The zero-order chi connectivity index (χ0) is 17.2. The highest BCUT2D eigenvalue weighted by atomic mass is 16.6. The van der Waals surface area contributed by atoms with Gasteiger partial charge in [0.05, 0.1) is 6.04 Å². The van der Waals surface area contributed by atoms with Crippen molar-refractivity contribution in [2.75, 3.05) is 6.54 Å². The molecule has 8 nitrogen and oxygen atoms in total. The molecule has 0 unspecified atom stereocenters.